The third-order valence-electron chi connectivity index (χ3n) is 3.65. The number of carbonyl (C=O) groups is 1. The van der Waals surface area contributed by atoms with E-state index in [1.807, 2.05) is 19.1 Å². The van der Waals surface area contributed by atoms with Crippen molar-refractivity contribution in [3.8, 4) is 0 Å². The van der Waals surface area contributed by atoms with Gasteiger partial charge in [0.1, 0.15) is 11.3 Å². The second-order valence-electron chi connectivity index (χ2n) is 5.28. The lowest BCUT2D eigenvalue weighted by Crippen LogP contribution is -2.27. The molecule has 0 aliphatic heterocycles. The van der Waals surface area contributed by atoms with E-state index in [9.17, 15) is 9.59 Å². The predicted molar refractivity (Wildman–Crippen MR) is 80.8 cm³/mol. The van der Waals surface area contributed by atoms with Gasteiger partial charge in [-0.2, -0.15) is 0 Å². The molecule has 1 atom stereocenters. The van der Waals surface area contributed by atoms with Crippen LogP contribution in [0.25, 0.3) is 11.0 Å². The van der Waals surface area contributed by atoms with Gasteiger partial charge < -0.3 is 19.8 Å². The Balaban J connectivity index is 1.85. The average molecular weight is 300 g/mol. The van der Waals surface area contributed by atoms with Crippen LogP contribution in [0.4, 0.5) is 0 Å². The van der Waals surface area contributed by atoms with E-state index in [2.05, 4.69) is 20.4 Å². The summed E-state index contributed by atoms with van der Waals surface area (Å²) in [6.45, 7) is 5.31. The first-order valence-corrected chi connectivity index (χ1v) is 6.91. The van der Waals surface area contributed by atoms with Crippen LogP contribution < -0.4 is 11.0 Å². The normalized spacial score (nSPS) is 12.5. The first kappa shape index (κ1) is 14.1. The van der Waals surface area contributed by atoms with E-state index in [1.54, 1.807) is 19.9 Å². The Labute approximate surface area is 125 Å². The Bertz CT molecular complexity index is 884. The zero-order valence-electron chi connectivity index (χ0n) is 12.5. The number of nitrogens with one attached hydrogen (secondary N) is 3. The summed E-state index contributed by atoms with van der Waals surface area (Å²) in [6, 6.07) is 5.29. The van der Waals surface area contributed by atoms with E-state index in [0.717, 1.165) is 11.1 Å². The highest BCUT2D eigenvalue weighted by molar-refractivity contribution is 5.96. The molecule has 1 aromatic carbocycles. The van der Waals surface area contributed by atoms with E-state index in [1.165, 1.54) is 0 Å². The molecule has 7 nitrogen and oxygen atoms in total. The lowest BCUT2D eigenvalue weighted by atomic mass is 10.1. The zero-order chi connectivity index (χ0) is 15.9. The summed E-state index contributed by atoms with van der Waals surface area (Å²) in [6.07, 6.45) is 0. The summed E-state index contributed by atoms with van der Waals surface area (Å²) >= 11 is 0. The minimum Gasteiger partial charge on any atom is -0.361 e. The van der Waals surface area contributed by atoms with E-state index < -0.39 is 0 Å². The number of H-pyrrole nitrogens is 2. The van der Waals surface area contributed by atoms with Crippen molar-refractivity contribution in [2.45, 2.75) is 26.8 Å². The minimum atomic E-state index is -0.250. The summed E-state index contributed by atoms with van der Waals surface area (Å²) in [4.78, 5) is 29.0. The van der Waals surface area contributed by atoms with Crippen molar-refractivity contribution >= 4 is 16.9 Å². The predicted octanol–water partition coefficient (Wildman–Crippen LogP) is 1.95. The fraction of sp³-hybridized carbons (Fsp3) is 0.267. The second-order valence-corrected chi connectivity index (χ2v) is 5.28. The first-order valence-electron chi connectivity index (χ1n) is 6.91. The average Bonchev–Trinajstić information content (AvgIpc) is 2.99. The van der Waals surface area contributed by atoms with Crippen LogP contribution in [0.1, 0.15) is 40.3 Å². The fourth-order valence-electron chi connectivity index (χ4n) is 2.48. The highest BCUT2D eigenvalue weighted by Crippen LogP contribution is 2.19. The maximum Gasteiger partial charge on any atom is 0.323 e. The lowest BCUT2D eigenvalue weighted by molar-refractivity contribution is 0.0938. The molecule has 0 aliphatic rings. The Morgan fingerprint density at radius 2 is 2.00 bits per heavy atom. The molecular weight excluding hydrogens is 284 g/mol. The molecule has 0 saturated carbocycles. The molecule has 0 saturated heterocycles. The number of hydrogen-bond donors (Lipinski definition) is 3. The van der Waals surface area contributed by atoms with Gasteiger partial charge >= 0.3 is 5.69 Å². The molecular formula is C15H16N4O3. The third-order valence-corrected chi connectivity index (χ3v) is 3.65. The SMILES string of the molecule is Cc1noc(C)c1C(=O)NC(C)c1ccc2[nH]c(=O)[nH]c2c1. The molecule has 0 bridgehead atoms. The first-order chi connectivity index (χ1) is 10.5. The van der Waals surface area contributed by atoms with Crippen LogP contribution in [-0.2, 0) is 0 Å². The molecule has 3 rings (SSSR count). The molecule has 114 valence electrons. The van der Waals surface area contributed by atoms with Crippen molar-refractivity contribution in [2.75, 3.05) is 0 Å². The third kappa shape index (κ3) is 2.41. The molecule has 3 aromatic rings. The zero-order valence-corrected chi connectivity index (χ0v) is 12.5. The minimum absolute atomic E-state index is 0.219. The highest BCUT2D eigenvalue weighted by atomic mass is 16.5. The maximum absolute atomic E-state index is 12.3. The molecule has 1 unspecified atom stereocenters. The Kier molecular flexibility index (Phi) is 3.32. The van der Waals surface area contributed by atoms with Gasteiger partial charge in [-0.1, -0.05) is 11.2 Å². The fourth-order valence-corrected chi connectivity index (χ4v) is 2.48. The molecule has 0 spiro atoms. The number of imidazole rings is 1. The summed E-state index contributed by atoms with van der Waals surface area (Å²) in [5.74, 6) is 0.263. The highest BCUT2D eigenvalue weighted by Gasteiger charge is 2.19. The van der Waals surface area contributed by atoms with Crippen LogP contribution in [0.3, 0.4) is 0 Å². The van der Waals surface area contributed by atoms with Crippen molar-refractivity contribution in [3.63, 3.8) is 0 Å². The lowest BCUT2D eigenvalue weighted by Gasteiger charge is -2.14. The van der Waals surface area contributed by atoms with Gasteiger partial charge in [-0.05, 0) is 38.5 Å². The van der Waals surface area contributed by atoms with Crippen LogP contribution in [0.5, 0.6) is 0 Å². The number of aromatic amines is 2. The molecule has 1 amide bonds. The number of nitrogens with zero attached hydrogens (tertiary/aromatic N) is 1. The Hall–Kier alpha value is -2.83. The van der Waals surface area contributed by atoms with Gasteiger partial charge in [0.15, 0.2) is 0 Å². The number of carbonyl (C=O) groups excluding carboxylic acids is 1. The summed E-state index contributed by atoms with van der Waals surface area (Å²) in [5.41, 5.74) is 3.11. The van der Waals surface area contributed by atoms with E-state index in [4.69, 9.17) is 4.52 Å². The summed E-state index contributed by atoms with van der Waals surface area (Å²) in [5, 5.41) is 6.69. The van der Waals surface area contributed by atoms with Gasteiger partial charge in [-0.3, -0.25) is 4.79 Å². The van der Waals surface area contributed by atoms with Crippen molar-refractivity contribution < 1.29 is 9.32 Å². The van der Waals surface area contributed by atoms with Gasteiger partial charge in [0.2, 0.25) is 0 Å². The molecule has 3 N–H and O–H groups in total. The van der Waals surface area contributed by atoms with Crippen LogP contribution in [0.2, 0.25) is 0 Å². The standard InChI is InChI=1S/C15H16N4O3/c1-7(16-14(20)13-8(2)19-22-9(13)3)10-4-5-11-12(6-10)18-15(21)17-11/h4-7H,1-3H3,(H,16,20)(H2,17,18,21). The Morgan fingerprint density at radius 3 is 2.68 bits per heavy atom. The summed E-state index contributed by atoms with van der Waals surface area (Å²) in [7, 11) is 0. The second kappa shape index (κ2) is 5.18. The number of rotatable bonds is 3. The van der Waals surface area contributed by atoms with E-state index in [-0.39, 0.29) is 17.6 Å². The molecule has 7 heteroatoms. The molecule has 0 fully saturated rings. The van der Waals surface area contributed by atoms with Crippen LogP contribution in [0.15, 0.2) is 27.5 Å². The van der Waals surface area contributed by atoms with Crippen molar-refractivity contribution in [2.24, 2.45) is 0 Å². The quantitative estimate of drug-likeness (QED) is 0.687. The topological polar surface area (TPSA) is 104 Å². The van der Waals surface area contributed by atoms with Crippen molar-refractivity contribution in [3.05, 3.63) is 51.3 Å². The molecule has 0 aliphatic carbocycles. The Morgan fingerprint density at radius 1 is 1.27 bits per heavy atom. The van der Waals surface area contributed by atoms with Crippen LogP contribution in [0, 0.1) is 13.8 Å². The maximum atomic E-state index is 12.3. The number of amides is 1. The number of hydrogen-bond acceptors (Lipinski definition) is 4. The summed E-state index contributed by atoms with van der Waals surface area (Å²) < 4.78 is 5.01. The van der Waals surface area contributed by atoms with Gasteiger partial charge in [-0.25, -0.2) is 4.79 Å². The van der Waals surface area contributed by atoms with Gasteiger partial charge in [0, 0.05) is 0 Å². The molecule has 22 heavy (non-hydrogen) atoms. The number of fused-ring (bicyclic) bond motifs is 1. The van der Waals surface area contributed by atoms with E-state index in [0.29, 0.717) is 22.5 Å². The van der Waals surface area contributed by atoms with Gasteiger partial charge in [-0.15, -0.1) is 0 Å². The van der Waals surface area contributed by atoms with Crippen LogP contribution >= 0.6 is 0 Å². The van der Waals surface area contributed by atoms with Crippen molar-refractivity contribution in [1.29, 1.82) is 0 Å². The number of benzene rings is 1. The molecule has 2 aromatic heterocycles. The van der Waals surface area contributed by atoms with Gasteiger partial charge in [0.25, 0.3) is 5.91 Å². The monoisotopic (exact) mass is 300 g/mol. The van der Waals surface area contributed by atoms with Crippen LogP contribution in [-0.4, -0.2) is 21.0 Å². The van der Waals surface area contributed by atoms with Crippen molar-refractivity contribution in [1.82, 2.24) is 20.4 Å². The number of aryl methyl sites for hydroxylation is 2. The largest absolute Gasteiger partial charge is 0.361 e. The van der Waals surface area contributed by atoms with Gasteiger partial charge in [0.05, 0.1) is 22.8 Å². The van der Waals surface area contributed by atoms with E-state index >= 15 is 0 Å². The molecule has 2 heterocycles. The molecule has 0 radical (unpaired) electrons. The number of aromatic nitrogens is 3. The smallest absolute Gasteiger partial charge is 0.323 e.